The zero-order valence-electron chi connectivity index (χ0n) is 13.7. The van der Waals surface area contributed by atoms with Crippen molar-refractivity contribution in [3.8, 4) is 11.5 Å². The first-order valence-corrected chi connectivity index (χ1v) is 8.46. The molecule has 2 rings (SSSR count). The molecule has 138 valence electrons. The number of amides is 1. The van der Waals surface area contributed by atoms with E-state index in [4.69, 9.17) is 21.7 Å². The standard InChI is InChI=1S/C16H15NO7S2/c1-8(15(21)22)24-10-4-3-9(5-11(10)23-2)6-12-14(20)17(7-13(18)19)16(25)26-12/h3-6,8H,7H2,1-2H3,(H,18,19)(H,21,22)/p-2/b12-6-/t8-/m1/s1. The van der Waals surface area contributed by atoms with Gasteiger partial charge in [0.05, 0.1) is 30.5 Å². The second kappa shape index (κ2) is 8.19. The molecular formula is C16H13NO7S2-2. The van der Waals surface area contributed by atoms with Crippen molar-refractivity contribution in [1.82, 2.24) is 4.90 Å². The molecule has 10 heteroatoms. The first-order valence-electron chi connectivity index (χ1n) is 7.23. The maximum absolute atomic E-state index is 12.2. The highest BCUT2D eigenvalue weighted by atomic mass is 32.2. The molecule has 1 atom stereocenters. The lowest BCUT2D eigenvalue weighted by atomic mass is 10.2. The fraction of sp³-hybridized carbons (Fsp3) is 0.250. The van der Waals surface area contributed by atoms with Gasteiger partial charge < -0.3 is 29.3 Å². The Kier molecular flexibility index (Phi) is 6.22. The van der Waals surface area contributed by atoms with Gasteiger partial charge in [0.2, 0.25) is 0 Å². The summed E-state index contributed by atoms with van der Waals surface area (Å²) in [5.41, 5.74) is 0.559. The molecule has 1 aliphatic heterocycles. The van der Waals surface area contributed by atoms with E-state index in [2.05, 4.69) is 0 Å². The second-order valence-corrected chi connectivity index (χ2v) is 6.81. The van der Waals surface area contributed by atoms with Crippen LogP contribution in [-0.2, 0) is 14.4 Å². The molecule has 26 heavy (non-hydrogen) atoms. The minimum Gasteiger partial charge on any atom is -0.548 e. The fourth-order valence-electron chi connectivity index (χ4n) is 2.03. The van der Waals surface area contributed by atoms with E-state index < -0.39 is 30.5 Å². The molecule has 0 aromatic heterocycles. The van der Waals surface area contributed by atoms with Gasteiger partial charge in [0.1, 0.15) is 10.4 Å². The van der Waals surface area contributed by atoms with Crippen LogP contribution >= 0.6 is 24.0 Å². The number of rotatable bonds is 7. The SMILES string of the molecule is COc1cc(/C=C2\SC(=S)N(CC(=O)[O-])C2=O)ccc1O[C@H](C)C(=O)[O-]. The Morgan fingerprint density at radius 3 is 2.62 bits per heavy atom. The summed E-state index contributed by atoms with van der Waals surface area (Å²) in [7, 11) is 1.38. The molecule has 1 heterocycles. The first kappa shape index (κ1) is 19.7. The Morgan fingerprint density at radius 1 is 1.35 bits per heavy atom. The quantitative estimate of drug-likeness (QED) is 0.430. The Hall–Kier alpha value is -2.59. The predicted molar refractivity (Wildman–Crippen MR) is 93.0 cm³/mol. The molecular weight excluding hydrogens is 382 g/mol. The van der Waals surface area contributed by atoms with Crippen LogP contribution in [0, 0.1) is 0 Å². The van der Waals surface area contributed by atoms with Crippen molar-refractivity contribution in [3.63, 3.8) is 0 Å². The number of thioether (sulfide) groups is 1. The first-order chi connectivity index (χ1) is 12.2. The smallest absolute Gasteiger partial charge is 0.266 e. The molecule has 0 radical (unpaired) electrons. The summed E-state index contributed by atoms with van der Waals surface area (Å²) < 4.78 is 10.5. The molecule has 0 N–H and O–H groups in total. The maximum Gasteiger partial charge on any atom is 0.266 e. The van der Waals surface area contributed by atoms with Crippen molar-refractivity contribution in [2.24, 2.45) is 0 Å². The zero-order chi connectivity index (χ0) is 19.4. The Labute approximate surface area is 158 Å². The van der Waals surface area contributed by atoms with Gasteiger partial charge in [0.25, 0.3) is 5.91 Å². The van der Waals surface area contributed by atoms with Gasteiger partial charge in [-0.15, -0.1) is 0 Å². The van der Waals surface area contributed by atoms with Crippen LogP contribution in [0.15, 0.2) is 23.1 Å². The summed E-state index contributed by atoms with van der Waals surface area (Å²) in [4.78, 5) is 34.9. The van der Waals surface area contributed by atoms with E-state index in [1.54, 1.807) is 12.1 Å². The summed E-state index contributed by atoms with van der Waals surface area (Å²) in [6.45, 7) is 0.713. The number of methoxy groups -OCH3 is 1. The molecule has 0 aliphatic carbocycles. The minimum atomic E-state index is -1.41. The topological polar surface area (TPSA) is 119 Å². The van der Waals surface area contributed by atoms with Crippen LogP contribution in [0.5, 0.6) is 11.5 Å². The summed E-state index contributed by atoms with van der Waals surface area (Å²) in [5.74, 6) is -2.85. The summed E-state index contributed by atoms with van der Waals surface area (Å²) in [5, 5.41) is 21.5. The summed E-state index contributed by atoms with van der Waals surface area (Å²) in [6, 6.07) is 4.62. The van der Waals surface area contributed by atoms with Crippen molar-refractivity contribution < 1.29 is 34.1 Å². The highest BCUT2D eigenvalue weighted by Gasteiger charge is 2.31. The fourth-order valence-corrected chi connectivity index (χ4v) is 3.28. The van der Waals surface area contributed by atoms with E-state index in [1.165, 1.54) is 26.2 Å². The van der Waals surface area contributed by atoms with Crippen molar-refractivity contribution in [2.45, 2.75) is 13.0 Å². The average Bonchev–Trinajstić information content (AvgIpc) is 2.83. The molecule has 0 unspecified atom stereocenters. The Morgan fingerprint density at radius 2 is 2.04 bits per heavy atom. The van der Waals surface area contributed by atoms with Gasteiger partial charge in [0.15, 0.2) is 11.5 Å². The molecule has 1 aliphatic rings. The van der Waals surface area contributed by atoms with Crippen molar-refractivity contribution in [2.75, 3.05) is 13.7 Å². The average molecular weight is 395 g/mol. The molecule has 0 spiro atoms. The number of carboxylic acid groups (broad SMARTS) is 2. The van der Waals surface area contributed by atoms with Gasteiger partial charge in [-0.3, -0.25) is 9.69 Å². The molecule has 1 fully saturated rings. The van der Waals surface area contributed by atoms with Crippen LogP contribution in [0.1, 0.15) is 12.5 Å². The molecule has 1 amide bonds. The zero-order valence-corrected chi connectivity index (χ0v) is 15.3. The van der Waals surface area contributed by atoms with Gasteiger partial charge in [-0.1, -0.05) is 30.0 Å². The van der Waals surface area contributed by atoms with Gasteiger partial charge in [-0.2, -0.15) is 0 Å². The molecule has 1 aromatic carbocycles. The van der Waals surface area contributed by atoms with Crippen molar-refractivity contribution in [3.05, 3.63) is 28.7 Å². The maximum atomic E-state index is 12.2. The number of nitrogens with zero attached hydrogens (tertiary/aromatic N) is 1. The molecule has 1 aromatic rings. The van der Waals surface area contributed by atoms with Crippen LogP contribution in [0.4, 0.5) is 0 Å². The minimum absolute atomic E-state index is 0.125. The van der Waals surface area contributed by atoms with Crippen LogP contribution < -0.4 is 19.7 Å². The van der Waals surface area contributed by atoms with Gasteiger partial charge in [-0.05, 0) is 30.7 Å². The molecule has 8 nitrogen and oxygen atoms in total. The van der Waals surface area contributed by atoms with E-state index in [9.17, 15) is 24.6 Å². The molecule has 0 saturated carbocycles. The number of hydrogen-bond acceptors (Lipinski definition) is 9. The van der Waals surface area contributed by atoms with Gasteiger partial charge in [-0.25, -0.2) is 0 Å². The summed E-state index contributed by atoms with van der Waals surface area (Å²) >= 11 is 5.97. The van der Waals surface area contributed by atoms with Gasteiger partial charge in [0, 0.05) is 0 Å². The van der Waals surface area contributed by atoms with E-state index >= 15 is 0 Å². The highest BCUT2D eigenvalue weighted by Crippen LogP contribution is 2.34. The lowest BCUT2D eigenvalue weighted by molar-refractivity contribution is -0.313. The largest absolute Gasteiger partial charge is 0.548 e. The number of ether oxygens (including phenoxy) is 2. The normalized spacial score (nSPS) is 16.7. The third kappa shape index (κ3) is 4.52. The molecule has 0 bridgehead atoms. The van der Waals surface area contributed by atoms with Crippen LogP contribution in [0.25, 0.3) is 6.08 Å². The predicted octanol–water partition coefficient (Wildman–Crippen LogP) is -0.836. The monoisotopic (exact) mass is 395 g/mol. The number of carbonyl (C=O) groups excluding carboxylic acids is 3. The van der Waals surface area contributed by atoms with E-state index in [0.717, 1.165) is 16.7 Å². The Balaban J connectivity index is 2.25. The summed E-state index contributed by atoms with van der Waals surface area (Å²) in [6.07, 6.45) is 0.346. The highest BCUT2D eigenvalue weighted by molar-refractivity contribution is 8.26. The van der Waals surface area contributed by atoms with Crippen molar-refractivity contribution >= 4 is 52.2 Å². The van der Waals surface area contributed by atoms with Crippen LogP contribution in [-0.4, -0.2) is 46.8 Å². The Bertz CT molecular complexity index is 806. The lowest BCUT2D eigenvalue weighted by Crippen LogP contribution is -2.40. The number of hydrogen-bond donors (Lipinski definition) is 0. The number of carboxylic acids is 2. The number of carbonyl (C=O) groups is 3. The van der Waals surface area contributed by atoms with Crippen molar-refractivity contribution in [1.29, 1.82) is 0 Å². The van der Waals surface area contributed by atoms with Crippen LogP contribution in [0.2, 0.25) is 0 Å². The lowest BCUT2D eigenvalue weighted by Gasteiger charge is -2.17. The number of thiocarbonyl (C=S) groups is 1. The number of aliphatic carboxylic acids is 2. The third-order valence-electron chi connectivity index (χ3n) is 3.28. The number of benzene rings is 1. The third-order valence-corrected chi connectivity index (χ3v) is 4.66. The van der Waals surface area contributed by atoms with E-state index in [0.29, 0.717) is 5.56 Å². The van der Waals surface area contributed by atoms with Crippen LogP contribution in [0.3, 0.4) is 0 Å². The van der Waals surface area contributed by atoms with E-state index in [1.807, 2.05) is 0 Å². The van der Waals surface area contributed by atoms with E-state index in [-0.39, 0.29) is 20.7 Å². The molecule has 1 saturated heterocycles. The second-order valence-electron chi connectivity index (χ2n) is 5.13. The van der Waals surface area contributed by atoms with Gasteiger partial charge >= 0.3 is 0 Å².